The fraction of sp³-hybridized carbons (Fsp3) is 0.381. The third kappa shape index (κ3) is 5.10. The van der Waals surface area contributed by atoms with E-state index in [1.54, 1.807) is 22.5 Å². The smallest absolute Gasteiger partial charge is 0.243 e. The number of sulfonamides is 1. The van der Waals surface area contributed by atoms with Crippen LogP contribution >= 0.6 is 12.2 Å². The summed E-state index contributed by atoms with van der Waals surface area (Å²) in [5.74, 6) is 0. The van der Waals surface area contributed by atoms with Gasteiger partial charge in [0, 0.05) is 24.5 Å². The maximum absolute atomic E-state index is 13.0. The molecule has 0 radical (unpaired) electrons. The molecule has 0 amide bonds. The van der Waals surface area contributed by atoms with Crippen LogP contribution in [0.2, 0.25) is 0 Å². The van der Waals surface area contributed by atoms with Gasteiger partial charge >= 0.3 is 0 Å². The van der Waals surface area contributed by atoms with E-state index in [4.69, 9.17) is 12.2 Å². The van der Waals surface area contributed by atoms with Gasteiger partial charge in [-0.3, -0.25) is 0 Å². The molecule has 1 heterocycles. The maximum Gasteiger partial charge on any atom is 0.243 e. The Morgan fingerprint density at radius 1 is 0.893 bits per heavy atom. The van der Waals surface area contributed by atoms with Gasteiger partial charge in [0.15, 0.2) is 5.11 Å². The lowest BCUT2D eigenvalue weighted by atomic mass is 10.1. The number of benzene rings is 2. The first kappa shape index (κ1) is 20.8. The lowest BCUT2D eigenvalue weighted by Crippen LogP contribution is -2.32. The average Bonchev–Trinajstić information content (AvgIpc) is 2.95. The largest absolute Gasteiger partial charge is 0.332 e. The molecule has 5 nitrogen and oxygen atoms in total. The van der Waals surface area contributed by atoms with Gasteiger partial charge in [-0.15, -0.1) is 0 Å². The minimum absolute atomic E-state index is 0.299. The second-order valence-electron chi connectivity index (χ2n) is 7.22. The molecular weight excluding hydrogens is 390 g/mol. The Labute approximate surface area is 173 Å². The zero-order chi connectivity index (χ0) is 20.1. The van der Waals surface area contributed by atoms with Crippen molar-refractivity contribution in [2.24, 2.45) is 0 Å². The van der Waals surface area contributed by atoms with Gasteiger partial charge in [-0.2, -0.15) is 4.31 Å². The van der Waals surface area contributed by atoms with Crippen molar-refractivity contribution in [3.8, 4) is 0 Å². The Bertz CT molecular complexity index is 950. The van der Waals surface area contributed by atoms with Gasteiger partial charge in [0.2, 0.25) is 10.0 Å². The van der Waals surface area contributed by atoms with E-state index < -0.39 is 10.0 Å². The molecule has 1 fully saturated rings. The van der Waals surface area contributed by atoms with Crippen LogP contribution in [0.15, 0.2) is 47.4 Å². The Kier molecular flexibility index (Phi) is 6.69. The summed E-state index contributed by atoms with van der Waals surface area (Å²) in [6.07, 6.45) is 4.01. The van der Waals surface area contributed by atoms with Gasteiger partial charge < -0.3 is 10.6 Å². The number of nitrogens with one attached hydrogen (secondary N) is 2. The summed E-state index contributed by atoms with van der Waals surface area (Å²) < 4.78 is 27.6. The third-order valence-corrected chi connectivity index (χ3v) is 7.16. The van der Waals surface area contributed by atoms with E-state index in [1.807, 2.05) is 31.2 Å². The average molecular weight is 418 g/mol. The van der Waals surface area contributed by atoms with Crippen LogP contribution < -0.4 is 10.6 Å². The molecule has 1 saturated heterocycles. The third-order valence-electron chi connectivity index (χ3n) is 5.06. The predicted octanol–water partition coefficient (Wildman–Crippen LogP) is 4.68. The Balaban J connectivity index is 1.71. The van der Waals surface area contributed by atoms with E-state index in [0.717, 1.165) is 31.4 Å². The van der Waals surface area contributed by atoms with Gasteiger partial charge in [0.05, 0.1) is 4.90 Å². The molecule has 1 aliphatic heterocycles. The number of thiocarbonyl (C=S) groups is 1. The molecule has 0 aliphatic carbocycles. The van der Waals surface area contributed by atoms with Gasteiger partial charge in [-0.1, -0.05) is 25.0 Å². The standard InChI is InChI=1S/C21H27N3O2S2/c1-16-10-11-19(14-17(16)2)23-21(27)22-18-8-7-9-20(15-18)28(25,26)24-12-5-3-4-6-13-24/h7-11,14-15H,3-6,12-13H2,1-2H3,(H2,22,23,27). The van der Waals surface area contributed by atoms with Gasteiger partial charge in [0.1, 0.15) is 0 Å². The Hall–Kier alpha value is -1.96. The van der Waals surface area contributed by atoms with Crippen molar-refractivity contribution >= 4 is 38.7 Å². The molecule has 0 atom stereocenters. The number of aryl methyl sites for hydroxylation is 2. The molecule has 0 saturated carbocycles. The second-order valence-corrected chi connectivity index (χ2v) is 9.57. The van der Waals surface area contributed by atoms with Crippen molar-refractivity contribution in [3.05, 3.63) is 53.6 Å². The van der Waals surface area contributed by atoms with E-state index in [0.29, 0.717) is 28.8 Å². The summed E-state index contributed by atoms with van der Waals surface area (Å²) in [4.78, 5) is 0.299. The molecule has 2 aromatic carbocycles. The normalized spacial score (nSPS) is 15.6. The van der Waals surface area contributed by atoms with Crippen LogP contribution in [0.3, 0.4) is 0 Å². The maximum atomic E-state index is 13.0. The SMILES string of the molecule is Cc1ccc(NC(=S)Nc2cccc(S(=O)(=O)N3CCCCCC3)c2)cc1C. The molecule has 1 aliphatic rings. The predicted molar refractivity (Wildman–Crippen MR) is 119 cm³/mol. The highest BCUT2D eigenvalue weighted by Crippen LogP contribution is 2.23. The summed E-state index contributed by atoms with van der Waals surface area (Å²) in [5.41, 5.74) is 3.94. The number of hydrogen-bond acceptors (Lipinski definition) is 3. The monoisotopic (exact) mass is 417 g/mol. The van der Waals surface area contributed by atoms with Crippen molar-refractivity contribution in [3.63, 3.8) is 0 Å². The van der Waals surface area contributed by atoms with Crippen LogP contribution in [-0.2, 0) is 10.0 Å². The molecule has 0 bridgehead atoms. The number of nitrogens with zero attached hydrogens (tertiary/aromatic N) is 1. The summed E-state index contributed by atoms with van der Waals surface area (Å²) in [5, 5.41) is 6.66. The summed E-state index contributed by atoms with van der Waals surface area (Å²) in [6.45, 7) is 5.29. The molecule has 150 valence electrons. The molecule has 28 heavy (non-hydrogen) atoms. The molecule has 0 unspecified atom stereocenters. The zero-order valence-electron chi connectivity index (χ0n) is 16.4. The molecule has 3 rings (SSSR count). The van der Waals surface area contributed by atoms with E-state index in [2.05, 4.69) is 17.6 Å². The molecule has 2 aromatic rings. The second kappa shape index (κ2) is 9.03. The van der Waals surface area contributed by atoms with Crippen LogP contribution in [0.5, 0.6) is 0 Å². The molecular formula is C21H27N3O2S2. The van der Waals surface area contributed by atoms with Crippen LogP contribution in [0.1, 0.15) is 36.8 Å². The van der Waals surface area contributed by atoms with Gasteiger partial charge in [-0.05, 0) is 80.4 Å². The zero-order valence-corrected chi connectivity index (χ0v) is 18.0. The first-order chi connectivity index (χ1) is 13.4. The summed E-state index contributed by atoms with van der Waals surface area (Å²) in [7, 11) is -3.48. The van der Waals surface area contributed by atoms with Gasteiger partial charge in [-0.25, -0.2) is 8.42 Å². The van der Waals surface area contributed by atoms with Crippen LogP contribution in [-0.4, -0.2) is 30.9 Å². The van der Waals surface area contributed by atoms with Crippen molar-refractivity contribution in [1.29, 1.82) is 0 Å². The number of hydrogen-bond donors (Lipinski definition) is 2. The summed E-state index contributed by atoms with van der Waals surface area (Å²) >= 11 is 5.39. The molecule has 0 spiro atoms. The molecule has 7 heteroatoms. The molecule has 2 N–H and O–H groups in total. The van der Waals surface area contributed by atoms with Crippen molar-refractivity contribution in [2.75, 3.05) is 23.7 Å². The summed E-state index contributed by atoms with van der Waals surface area (Å²) in [6, 6.07) is 12.9. The first-order valence-electron chi connectivity index (χ1n) is 9.62. The lowest BCUT2D eigenvalue weighted by Gasteiger charge is -2.20. The van der Waals surface area contributed by atoms with Crippen molar-refractivity contribution in [2.45, 2.75) is 44.4 Å². The van der Waals surface area contributed by atoms with E-state index >= 15 is 0 Å². The quantitative estimate of drug-likeness (QED) is 0.708. The highest BCUT2D eigenvalue weighted by molar-refractivity contribution is 7.89. The fourth-order valence-corrected chi connectivity index (χ4v) is 5.08. The number of rotatable bonds is 4. The molecule has 0 aromatic heterocycles. The topological polar surface area (TPSA) is 61.4 Å². The van der Waals surface area contributed by atoms with Crippen LogP contribution in [0.4, 0.5) is 11.4 Å². The van der Waals surface area contributed by atoms with E-state index in [1.165, 1.54) is 11.1 Å². The minimum atomic E-state index is -3.48. The lowest BCUT2D eigenvalue weighted by molar-refractivity contribution is 0.424. The van der Waals surface area contributed by atoms with Gasteiger partial charge in [0.25, 0.3) is 0 Å². The Morgan fingerprint density at radius 2 is 1.54 bits per heavy atom. The van der Waals surface area contributed by atoms with Crippen LogP contribution in [0.25, 0.3) is 0 Å². The number of anilines is 2. The Morgan fingerprint density at radius 3 is 2.18 bits per heavy atom. The first-order valence-corrected chi connectivity index (χ1v) is 11.5. The van der Waals surface area contributed by atoms with E-state index in [9.17, 15) is 8.42 Å². The highest BCUT2D eigenvalue weighted by atomic mass is 32.2. The van der Waals surface area contributed by atoms with E-state index in [-0.39, 0.29) is 0 Å². The van der Waals surface area contributed by atoms with Crippen LogP contribution in [0, 0.1) is 13.8 Å². The fourth-order valence-electron chi connectivity index (χ4n) is 3.28. The highest BCUT2D eigenvalue weighted by Gasteiger charge is 2.25. The minimum Gasteiger partial charge on any atom is -0.332 e. The van der Waals surface area contributed by atoms with Crippen molar-refractivity contribution < 1.29 is 8.42 Å². The van der Waals surface area contributed by atoms with Crippen molar-refractivity contribution in [1.82, 2.24) is 4.31 Å².